The number of halogens is 1. The summed E-state index contributed by atoms with van der Waals surface area (Å²) in [6.45, 7) is 4.97. The number of anilines is 1. The fourth-order valence-corrected chi connectivity index (χ4v) is 4.30. The molecular formula is C23H22FN5O2S. The number of ether oxygens (including phenoxy) is 1. The third kappa shape index (κ3) is 4.39. The topological polar surface area (TPSA) is 69.2 Å². The maximum atomic E-state index is 13.2. The van der Waals surface area contributed by atoms with Crippen molar-refractivity contribution in [1.29, 1.82) is 0 Å². The molecule has 2 aromatic heterocycles. The van der Waals surface area contributed by atoms with Crippen molar-refractivity contribution in [2.75, 3.05) is 31.2 Å². The third-order valence-electron chi connectivity index (χ3n) is 5.19. The van der Waals surface area contributed by atoms with Gasteiger partial charge in [0.1, 0.15) is 12.1 Å². The van der Waals surface area contributed by atoms with Crippen LogP contribution >= 0.6 is 11.8 Å². The first-order valence-electron chi connectivity index (χ1n) is 10.4. The van der Waals surface area contributed by atoms with Crippen LogP contribution < -0.4 is 4.90 Å². The molecule has 0 amide bonds. The summed E-state index contributed by atoms with van der Waals surface area (Å²) in [7, 11) is 0. The van der Waals surface area contributed by atoms with Crippen molar-refractivity contribution in [2.24, 2.45) is 0 Å². The number of aromatic nitrogens is 4. The molecule has 1 fully saturated rings. The van der Waals surface area contributed by atoms with Crippen LogP contribution in [-0.2, 0) is 10.5 Å². The summed E-state index contributed by atoms with van der Waals surface area (Å²) >= 11 is 1.54. The third-order valence-corrected chi connectivity index (χ3v) is 6.16. The maximum absolute atomic E-state index is 13.2. The van der Waals surface area contributed by atoms with Crippen molar-refractivity contribution in [3.63, 3.8) is 0 Å². The molecule has 5 rings (SSSR count). The molecule has 0 aliphatic carbocycles. The number of oxazole rings is 1. The molecule has 0 radical (unpaired) electrons. The van der Waals surface area contributed by atoms with E-state index in [1.54, 1.807) is 30.2 Å². The van der Waals surface area contributed by atoms with E-state index in [0.29, 0.717) is 24.9 Å². The fourth-order valence-electron chi connectivity index (χ4n) is 3.48. The summed E-state index contributed by atoms with van der Waals surface area (Å²) in [5, 5.41) is 9.75. The van der Waals surface area contributed by atoms with Crippen LogP contribution in [0.1, 0.15) is 11.3 Å². The Morgan fingerprint density at radius 2 is 1.75 bits per heavy atom. The monoisotopic (exact) mass is 451 g/mol. The Labute approximate surface area is 189 Å². The first-order chi connectivity index (χ1) is 15.7. The van der Waals surface area contributed by atoms with Gasteiger partial charge in [0.15, 0.2) is 5.16 Å². The normalized spacial score (nSPS) is 14.1. The van der Waals surface area contributed by atoms with Crippen LogP contribution in [0.4, 0.5) is 10.3 Å². The SMILES string of the molecule is Cc1ccc(-n2c(SCc3coc(-c4ccc(F)cc4)n3)nnc2N2CCOCC2)cc1. The predicted octanol–water partition coefficient (Wildman–Crippen LogP) is 4.50. The highest BCUT2D eigenvalue weighted by Gasteiger charge is 2.22. The number of aryl methyl sites for hydroxylation is 1. The lowest BCUT2D eigenvalue weighted by molar-refractivity contribution is 0.122. The average molecular weight is 452 g/mol. The molecule has 0 bridgehead atoms. The number of rotatable bonds is 6. The van der Waals surface area contributed by atoms with Crippen molar-refractivity contribution in [3.8, 4) is 17.1 Å². The van der Waals surface area contributed by atoms with Crippen molar-refractivity contribution < 1.29 is 13.5 Å². The number of nitrogens with zero attached hydrogens (tertiary/aromatic N) is 5. The lowest BCUT2D eigenvalue weighted by Crippen LogP contribution is -2.37. The summed E-state index contributed by atoms with van der Waals surface area (Å²) < 4.78 is 26.3. The van der Waals surface area contributed by atoms with Crippen LogP contribution in [0.3, 0.4) is 0 Å². The highest BCUT2D eigenvalue weighted by molar-refractivity contribution is 7.98. The van der Waals surface area contributed by atoms with E-state index in [-0.39, 0.29) is 5.82 Å². The Hall–Kier alpha value is -3.17. The van der Waals surface area contributed by atoms with E-state index in [0.717, 1.165) is 41.1 Å². The van der Waals surface area contributed by atoms with Gasteiger partial charge in [0.05, 0.1) is 24.6 Å². The smallest absolute Gasteiger partial charge is 0.232 e. The predicted molar refractivity (Wildman–Crippen MR) is 121 cm³/mol. The van der Waals surface area contributed by atoms with Gasteiger partial charge in [-0.1, -0.05) is 29.5 Å². The molecule has 0 saturated carbocycles. The molecule has 0 spiro atoms. The molecule has 0 atom stereocenters. The number of hydrogen-bond acceptors (Lipinski definition) is 7. The van der Waals surface area contributed by atoms with E-state index in [9.17, 15) is 4.39 Å². The van der Waals surface area contributed by atoms with Gasteiger partial charge < -0.3 is 14.1 Å². The Morgan fingerprint density at radius 1 is 1.00 bits per heavy atom. The summed E-state index contributed by atoms with van der Waals surface area (Å²) in [4.78, 5) is 6.74. The minimum Gasteiger partial charge on any atom is -0.444 e. The van der Waals surface area contributed by atoms with E-state index in [4.69, 9.17) is 9.15 Å². The zero-order chi connectivity index (χ0) is 21.9. The molecule has 0 N–H and O–H groups in total. The molecule has 4 aromatic rings. The maximum Gasteiger partial charge on any atom is 0.232 e. The van der Waals surface area contributed by atoms with Crippen molar-refractivity contribution in [1.82, 2.24) is 19.7 Å². The van der Waals surface area contributed by atoms with E-state index in [2.05, 4.69) is 55.8 Å². The number of benzene rings is 2. The van der Waals surface area contributed by atoms with Gasteiger partial charge in [0.2, 0.25) is 11.8 Å². The van der Waals surface area contributed by atoms with Crippen molar-refractivity contribution in [2.45, 2.75) is 17.8 Å². The van der Waals surface area contributed by atoms with Crippen LogP contribution in [0.5, 0.6) is 0 Å². The van der Waals surface area contributed by atoms with Crippen LogP contribution in [-0.4, -0.2) is 46.1 Å². The van der Waals surface area contributed by atoms with Gasteiger partial charge >= 0.3 is 0 Å². The molecule has 1 aliphatic heterocycles. The zero-order valence-electron chi connectivity index (χ0n) is 17.6. The molecule has 1 aliphatic rings. The highest BCUT2D eigenvalue weighted by atomic mass is 32.2. The lowest BCUT2D eigenvalue weighted by Gasteiger charge is -2.27. The minimum absolute atomic E-state index is 0.289. The second-order valence-electron chi connectivity index (χ2n) is 7.49. The van der Waals surface area contributed by atoms with Gasteiger partial charge in [-0.3, -0.25) is 4.57 Å². The second-order valence-corrected chi connectivity index (χ2v) is 8.44. The molecule has 0 unspecified atom stereocenters. The van der Waals surface area contributed by atoms with E-state index in [1.165, 1.54) is 17.7 Å². The minimum atomic E-state index is -0.289. The quantitative estimate of drug-likeness (QED) is 0.400. The summed E-state index contributed by atoms with van der Waals surface area (Å²) in [6, 6.07) is 14.4. The van der Waals surface area contributed by atoms with Gasteiger partial charge in [0.25, 0.3) is 0 Å². The molecule has 9 heteroatoms. The Kier molecular flexibility index (Phi) is 5.91. The van der Waals surface area contributed by atoms with E-state index >= 15 is 0 Å². The summed E-state index contributed by atoms with van der Waals surface area (Å²) in [5.74, 6) is 1.56. The summed E-state index contributed by atoms with van der Waals surface area (Å²) in [5.41, 5.74) is 3.72. The molecule has 7 nitrogen and oxygen atoms in total. The number of hydrogen-bond donors (Lipinski definition) is 0. The van der Waals surface area contributed by atoms with Crippen LogP contribution in [0.25, 0.3) is 17.1 Å². The standard InChI is InChI=1S/C23H22FN5O2S/c1-16-2-8-20(9-3-16)29-22(28-10-12-30-13-11-28)26-27-23(29)32-15-19-14-31-21(25-19)17-4-6-18(24)7-5-17/h2-9,14H,10-13,15H2,1H3. The Morgan fingerprint density at radius 3 is 2.50 bits per heavy atom. The Bertz CT molecular complexity index is 1180. The van der Waals surface area contributed by atoms with Gasteiger partial charge in [-0.05, 0) is 43.3 Å². The largest absolute Gasteiger partial charge is 0.444 e. The van der Waals surface area contributed by atoms with Gasteiger partial charge in [0, 0.05) is 24.4 Å². The average Bonchev–Trinajstić information content (AvgIpc) is 3.47. The van der Waals surface area contributed by atoms with E-state index in [1.807, 2.05) is 0 Å². The summed E-state index contributed by atoms with van der Waals surface area (Å²) in [6.07, 6.45) is 1.63. The van der Waals surface area contributed by atoms with Gasteiger partial charge in [-0.15, -0.1) is 10.2 Å². The zero-order valence-corrected chi connectivity index (χ0v) is 18.4. The molecule has 3 heterocycles. The molecular weight excluding hydrogens is 429 g/mol. The highest BCUT2D eigenvalue weighted by Crippen LogP contribution is 2.30. The number of thioether (sulfide) groups is 1. The van der Waals surface area contributed by atoms with Crippen molar-refractivity contribution in [3.05, 3.63) is 71.9 Å². The molecule has 164 valence electrons. The van der Waals surface area contributed by atoms with Crippen LogP contribution in [0.2, 0.25) is 0 Å². The Balaban J connectivity index is 1.39. The lowest BCUT2D eigenvalue weighted by atomic mass is 10.2. The van der Waals surface area contributed by atoms with Crippen LogP contribution in [0.15, 0.2) is 64.4 Å². The van der Waals surface area contributed by atoms with Gasteiger partial charge in [-0.25, -0.2) is 9.37 Å². The molecule has 1 saturated heterocycles. The van der Waals surface area contributed by atoms with Gasteiger partial charge in [-0.2, -0.15) is 0 Å². The fraction of sp³-hybridized carbons (Fsp3) is 0.261. The van der Waals surface area contributed by atoms with Crippen molar-refractivity contribution >= 4 is 17.7 Å². The first kappa shape index (κ1) is 20.7. The van der Waals surface area contributed by atoms with Crippen LogP contribution in [0, 0.1) is 12.7 Å². The molecule has 2 aromatic carbocycles. The second kappa shape index (κ2) is 9.13. The van der Waals surface area contributed by atoms with E-state index < -0.39 is 0 Å². The first-order valence-corrected chi connectivity index (χ1v) is 11.3. The number of morpholine rings is 1. The molecule has 32 heavy (non-hydrogen) atoms.